The second-order valence-electron chi connectivity index (χ2n) is 8.00. The Kier molecular flexibility index (Phi) is 9.11. The predicted octanol–water partition coefficient (Wildman–Crippen LogP) is 4.87. The molecule has 1 aromatic heterocycles. The molecule has 3 aromatic rings. The quantitative estimate of drug-likeness (QED) is 0.264. The number of halogens is 1. The van der Waals surface area contributed by atoms with E-state index in [9.17, 15) is 0 Å². The molecule has 0 radical (unpaired) electrons. The molecule has 1 saturated heterocycles. The third-order valence-electron chi connectivity index (χ3n) is 5.77. The minimum absolute atomic E-state index is 0. The smallest absolute Gasteiger partial charge is 0.193 e. The number of hydrogen-bond acceptors (Lipinski definition) is 3. The third-order valence-corrected chi connectivity index (χ3v) is 5.77. The van der Waals surface area contributed by atoms with E-state index < -0.39 is 0 Å². The minimum atomic E-state index is 0. The maximum absolute atomic E-state index is 6.14. The number of rotatable bonds is 6. The lowest BCUT2D eigenvalue weighted by Crippen LogP contribution is -2.42. The van der Waals surface area contributed by atoms with Crippen LogP contribution in [0.4, 0.5) is 0 Å². The number of guanidine groups is 1. The molecule has 170 valence electrons. The molecule has 4 rings (SSSR count). The van der Waals surface area contributed by atoms with Crippen molar-refractivity contribution < 1.29 is 4.74 Å². The molecule has 2 aromatic carbocycles. The number of nitrogens with one attached hydrogen (secondary N) is 2. The number of imidazole rings is 1. The first-order valence-electron chi connectivity index (χ1n) is 10.9. The topological polar surface area (TPSA) is 65.5 Å². The predicted molar refractivity (Wildman–Crippen MR) is 140 cm³/mol. The van der Waals surface area contributed by atoms with Crippen LogP contribution in [0.3, 0.4) is 0 Å². The summed E-state index contributed by atoms with van der Waals surface area (Å²) in [6.07, 6.45) is 4.26. The number of nitrogens with zero attached hydrogens (tertiary/aromatic N) is 3. The fraction of sp³-hybridized carbons (Fsp3) is 0.360. The average Bonchev–Trinajstić information content (AvgIpc) is 3.29. The molecular weight excluding hydrogens is 513 g/mol. The molecule has 1 fully saturated rings. The summed E-state index contributed by atoms with van der Waals surface area (Å²) in [5.74, 6) is 2.18. The maximum Gasteiger partial charge on any atom is 0.193 e. The molecule has 2 atom stereocenters. The van der Waals surface area contributed by atoms with Gasteiger partial charge in [-0.3, -0.25) is 4.99 Å². The number of hydrogen-bond donors (Lipinski definition) is 2. The van der Waals surface area contributed by atoms with Crippen LogP contribution in [0.5, 0.6) is 0 Å². The Morgan fingerprint density at radius 2 is 1.88 bits per heavy atom. The van der Waals surface area contributed by atoms with Crippen LogP contribution in [-0.4, -0.2) is 48.1 Å². The second kappa shape index (κ2) is 12.0. The van der Waals surface area contributed by atoms with Crippen molar-refractivity contribution in [3.8, 4) is 11.3 Å². The largest absolute Gasteiger partial charge is 0.373 e. The summed E-state index contributed by atoms with van der Waals surface area (Å²) in [4.78, 5) is 14.5. The third kappa shape index (κ3) is 6.10. The van der Waals surface area contributed by atoms with Crippen LogP contribution in [-0.2, 0) is 11.3 Å². The van der Waals surface area contributed by atoms with Gasteiger partial charge in [0.15, 0.2) is 5.96 Å². The molecule has 2 heterocycles. The Balaban J connectivity index is 0.00000289. The zero-order valence-electron chi connectivity index (χ0n) is 18.7. The van der Waals surface area contributed by atoms with Crippen LogP contribution in [0.25, 0.3) is 11.3 Å². The zero-order valence-corrected chi connectivity index (χ0v) is 21.0. The molecule has 1 aliphatic heterocycles. The molecule has 32 heavy (non-hydrogen) atoms. The summed E-state index contributed by atoms with van der Waals surface area (Å²) >= 11 is 0. The van der Waals surface area contributed by atoms with Crippen molar-refractivity contribution in [2.24, 2.45) is 10.9 Å². The van der Waals surface area contributed by atoms with Crippen molar-refractivity contribution in [3.63, 3.8) is 0 Å². The lowest BCUT2D eigenvalue weighted by molar-refractivity contribution is -0.0266. The average molecular weight is 545 g/mol. The highest BCUT2D eigenvalue weighted by molar-refractivity contribution is 14.0. The Labute approximate surface area is 207 Å². The van der Waals surface area contributed by atoms with Gasteiger partial charge in [-0.25, -0.2) is 4.98 Å². The lowest BCUT2D eigenvalue weighted by atomic mass is 9.89. The van der Waals surface area contributed by atoms with E-state index in [1.165, 1.54) is 5.56 Å². The minimum Gasteiger partial charge on any atom is -0.373 e. The SMILES string of the molecule is CN=C(NCC1CCCOC1c1ccccc1)N(C)Cc1ncc(-c2ccccc2)[nH]1.I. The first kappa shape index (κ1) is 24.3. The van der Waals surface area contributed by atoms with Gasteiger partial charge >= 0.3 is 0 Å². The van der Waals surface area contributed by atoms with Crippen LogP contribution in [0.15, 0.2) is 71.9 Å². The van der Waals surface area contributed by atoms with Crippen molar-refractivity contribution in [1.82, 2.24) is 20.2 Å². The molecule has 7 heteroatoms. The number of aromatic amines is 1. The molecule has 0 bridgehead atoms. The highest BCUT2D eigenvalue weighted by Gasteiger charge is 2.27. The summed E-state index contributed by atoms with van der Waals surface area (Å²) in [6.45, 7) is 2.30. The highest BCUT2D eigenvalue weighted by Crippen LogP contribution is 2.33. The number of ether oxygens (including phenoxy) is 1. The Morgan fingerprint density at radius 3 is 2.59 bits per heavy atom. The Hall–Kier alpha value is -2.39. The van der Waals surface area contributed by atoms with Gasteiger partial charge < -0.3 is 19.9 Å². The standard InChI is InChI=1S/C25H31N5O.HI/c1-26-25(28-16-21-14-9-15-31-24(21)20-12-7-4-8-13-20)30(2)18-23-27-17-22(29-23)19-10-5-3-6-11-19;/h3-8,10-13,17,21,24H,9,14-16,18H2,1-2H3,(H,26,28)(H,27,29);1H. The van der Waals surface area contributed by atoms with Gasteiger partial charge in [-0.2, -0.15) is 0 Å². The van der Waals surface area contributed by atoms with Crippen LogP contribution < -0.4 is 5.32 Å². The fourth-order valence-corrected chi connectivity index (χ4v) is 4.18. The Morgan fingerprint density at radius 1 is 1.16 bits per heavy atom. The maximum atomic E-state index is 6.14. The van der Waals surface area contributed by atoms with E-state index in [1.807, 2.05) is 44.6 Å². The van der Waals surface area contributed by atoms with Gasteiger partial charge in [0.05, 0.1) is 24.5 Å². The van der Waals surface area contributed by atoms with Crippen molar-refractivity contribution in [1.29, 1.82) is 0 Å². The molecule has 6 nitrogen and oxygen atoms in total. The number of aromatic nitrogens is 2. The van der Waals surface area contributed by atoms with Crippen LogP contribution >= 0.6 is 24.0 Å². The van der Waals surface area contributed by atoms with Gasteiger partial charge in [-0.15, -0.1) is 24.0 Å². The normalized spacial score (nSPS) is 18.6. The fourth-order valence-electron chi connectivity index (χ4n) is 4.18. The van der Waals surface area contributed by atoms with Gasteiger partial charge in [0, 0.05) is 33.2 Å². The summed E-state index contributed by atoms with van der Waals surface area (Å²) in [7, 11) is 3.86. The zero-order chi connectivity index (χ0) is 21.5. The van der Waals surface area contributed by atoms with Crippen LogP contribution in [0, 0.1) is 5.92 Å². The second-order valence-corrected chi connectivity index (χ2v) is 8.00. The van der Waals surface area contributed by atoms with Gasteiger partial charge in [0.1, 0.15) is 5.82 Å². The van der Waals surface area contributed by atoms with Crippen molar-refractivity contribution in [2.75, 3.05) is 27.2 Å². The number of aliphatic imine (C=N–C) groups is 1. The summed E-state index contributed by atoms with van der Waals surface area (Å²) in [5, 5.41) is 3.55. The van der Waals surface area contributed by atoms with E-state index in [-0.39, 0.29) is 30.1 Å². The molecule has 0 saturated carbocycles. The van der Waals surface area contributed by atoms with E-state index in [1.54, 1.807) is 0 Å². The van der Waals surface area contributed by atoms with E-state index in [4.69, 9.17) is 4.74 Å². The molecule has 2 unspecified atom stereocenters. The van der Waals surface area contributed by atoms with Gasteiger partial charge in [-0.05, 0) is 24.0 Å². The molecule has 0 amide bonds. The van der Waals surface area contributed by atoms with E-state index in [2.05, 4.69) is 61.6 Å². The van der Waals surface area contributed by atoms with Gasteiger partial charge in [0.25, 0.3) is 0 Å². The molecule has 1 aliphatic rings. The molecule has 0 spiro atoms. The van der Waals surface area contributed by atoms with Crippen molar-refractivity contribution in [3.05, 3.63) is 78.2 Å². The molecule has 2 N–H and O–H groups in total. The van der Waals surface area contributed by atoms with Crippen molar-refractivity contribution >= 4 is 29.9 Å². The monoisotopic (exact) mass is 545 g/mol. The lowest BCUT2D eigenvalue weighted by Gasteiger charge is -2.33. The van der Waals surface area contributed by atoms with E-state index in [0.717, 1.165) is 49.0 Å². The first-order chi connectivity index (χ1) is 15.2. The summed E-state index contributed by atoms with van der Waals surface area (Å²) in [5.41, 5.74) is 3.41. The Bertz CT molecular complexity index is 976. The van der Waals surface area contributed by atoms with Crippen LogP contribution in [0.2, 0.25) is 0 Å². The van der Waals surface area contributed by atoms with Crippen LogP contribution in [0.1, 0.15) is 30.3 Å². The molecular formula is C25H32IN5O. The highest BCUT2D eigenvalue weighted by atomic mass is 127. The van der Waals surface area contributed by atoms with Gasteiger partial charge in [-0.1, -0.05) is 60.7 Å². The summed E-state index contributed by atoms with van der Waals surface area (Å²) < 4.78 is 6.14. The number of benzene rings is 2. The molecule has 0 aliphatic carbocycles. The van der Waals surface area contributed by atoms with Gasteiger partial charge in [0.2, 0.25) is 0 Å². The number of H-pyrrole nitrogens is 1. The summed E-state index contributed by atoms with van der Waals surface area (Å²) in [6, 6.07) is 20.8. The van der Waals surface area contributed by atoms with E-state index >= 15 is 0 Å². The van der Waals surface area contributed by atoms with Crippen molar-refractivity contribution in [2.45, 2.75) is 25.5 Å². The van der Waals surface area contributed by atoms with E-state index in [0.29, 0.717) is 12.5 Å². The first-order valence-corrected chi connectivity index (χ1v) is 10.9.